The second-order valence-electron chi connectivity index (χ2n) is 2.28. The zero-order valence-electron chi connectivity index (χ0n) is 6.34. The summed E-state index contributed by atoms with van der Waals surface area (Å²) in [6.45, 7) is -0.735. The van der Waals surface area contributed by atoms with Crippen molar-refractivity contribution < 1.29 is 8.78 Å². The highest BCUT2D eigenvalue weighted by atomic mass is 35.5. The van der Waals surface area contributed by atoms with E-state index in [0.717, 1.165) is 0 Å². The van der Waals surface area contributed by atoms with E-state index in [-0.39, 0.29) is 18.0 Å². The first kappa shape index (κ1) is 11.3. The molecule has 0 fully saturated rings. The number of halogens is 3. The summed E-state index contributed by atoms with van der Waals surface area (Å²) in [6, 6.07) is 5.10. The second kappa shape index (κ2) is 5.06. The van der Waals surface area contributed by atoms with Crippen LogP contribution in [-0.4, -0.2) is 6.67 Å². The maximum absolute atomic E-state index is 12.8. The van der Waals surface area contributed by atoms with Crippen LogP contribution in [0.1, 0.15) is 11.6 Å². The van der Waals surface area contributed by atoms with Crippen LogP contribution >= 0.6 is 12.4 Å². The molecule has 0 aromatic heterocycles. The molecule has 0 aliphatic carbocycles. The smallest absolute Gasteiger partial charge is 0.128 e. The number of alkyl halides is 1. The SMILES string of the molecule is Cl.N[C@@H](CF)c1ccccc1F. The Morgan fingerprint density at radius 3 is 2.42 bits per heavy atom. The van der Waals surface area contributed by atoms with Crippen molar-refractivity contribution in [2.24, 2.45) is 5.73 Å². The molecular formula is C8H10ClF2N. The molecule has 0 amide bonds. The van der Waals surface area contributed by atoms with Gasteiger partial charge in [0.1, 0.15) is 12.5 Å². The molecule has 0 radical (unpaired) electrons. The summed E-state index contributed by atoms with van der Waals surface area (Å²) in [5, 5.41) is 0. The van der Waals surface area contributed by atoms with Crippen molar-refractivity contribution >= 4 is 12.4 Å². The van der Waals surface area contributed by atoms with Gasteiger partial charge in [0.2, 0.25) is 0 Å². The van der Waals surface area contributed by atoms with E-state index in [9.17, 15) is 8.78 Å². The maximum Gasteiger partial charge on any atom is 0.128 e. The number of benzene rings is 1. The van der Waals surface area contributed by atoms with Crippen LogP contribution in [0.15, 0.2) is 24.3 Å². The van der Waals surface area contributed by atoms with E-state index in [2.05, 4.69) is 0 Å². The van der Waals surface area contributed by atoms with Gasteiger partial charge >= 0.3 is 0 Å². The molecule has 12 heavy (non-hydrogen) atoms. The van der Waals surface area contributed by atoms with Crippen LogP contribution in [0.5, 0.6) is 0 Å². The van der Waals surface area contributed by atoms with Crippen molar-refractivity contribution in [1.29, 1.82) is 0 Å². The van der Waals surface area contributed by atoms with E-state index in [1.165, 1.54) is 12.1 Å². The molecule has 0 aliphatic rings. The van der Waals surface area contributed by atoms with E-state index in [1.807, 2.05) is 0 Å². The normalized spacial score (nSPS) is 11.9. The number of hydrogen-bond acceptors (Lipinski definition) is 1. The topological polar surface area (TPSA) is 26.0 Å². The minimum absolute atomic E-state index is 0. The fraction of sp³-hybridized carbons (Fsp3) is 0.250. The molecule has 68 valence electrons. The number of rotatable bonds is 2. The largest absolute Gasteiger partial charge is 0.322 e. The molecule has 1 atom stereocenters. The van der Waals surface area contributed by atoms with E-state index in [0.29, 0.717) is 0 Å². The van der Waals surface area contributed by atoms with E-state index >= 15 is 0 Å². The Balaban J connectivity index is 0.00000121. The van der Waals surface area contributed by atoms with E-state index in [4.69, 9.17) is 5.73 Å². The molecule has 0 saturated carbocycles. The van der Waals surface area contributed by atoms with Gasteiger partial charge in [-0.1, -0.05) is 18.2 Å². The van der Waals surface area contributed by atoms with Gasteiger partial charge in [-0.2, -0.15) is 0 Å². The molecule has 0 aliphatic heterocycles. The van der Waals surface area contributed by atoms with Crippen molar-refractivity contribution in [2.75, 3.05) is 6.67 Å². The third-order valence-electron chi connectivity index (χ3n) is 1.47. The summed E-state index contributed by atoms with van der Waals surface area (Å²) in [7, 11) is 0. The summed E-state index contributed by atoms with van der Waals surface area (Å²) >= 11 is 0. The van der Waals surface area contributed by atoms with Crippen molar-refractivity contribution in [3.63, 3.8) is 0 Å². The van der Waals surface area contributed by atoms with Crippen LogP contribution in [0.2, 0.25) is 0 Å². The third-order valence-corrected chi connectivity index (χ3v) is 1.47. The van der Waals surface area contributed by atoms with E-state index in [1.54, 1.807) is 12.1 Å². The molecule has 0 saturated heterocycles. The Labute approximate surface area is 76.0 Å². The lowest BCUT2D eigenvalue weighted by atomic mass is 10.1. The monoisotopic (exact) mass is 193 g/mol. The predicted octanol–water partition coefficient (Wildman–Crippen LogP) is 2.22. The molecule has 4 heteroatoms. The van der Waals surface area contributed by atoms with Crippen molar-refractivity contribution in [1.82, 2.24) is 0 Å². The van der Waals surface area contributed by atoms with Gasteiger partial charge in [-0.25, -0.2) is 8.78 Å². The third kappa shape index (κ3) is 2.43. The van der Waals surface area contributed by atoms with Crippen LogP contribution in [-0.2, 0) is 0 Å². The fourth-order valence-electron chi connectivity index (χ4n) is 0.859. The van der Waals surface area contributed by atoms with Crippen molar-refractivity contribution in [3.05, 3.63) is 35.6 Å². The van der Waals surface area contributed by atoms with Gasteiger partial charge in [0.15, 0.2) is 0 Å². The van der Waals surface area contributed by atoms with Crippen molar-refractivity contribution in [3.8, 4) is 0 Å². The molecule has 0 unspecified atom stereocenters. The minimum Gasteiger partial charge on any atom is -0.322 e. The molecular weight excluding hydrogens is 184 g/mol. The maximum atomic E-state index is 12.8. The minimum atomic E-state index is -0.837. The number of hydrogen-bond donors (Lipinski definition) is 1. The van der Waals surface area contributed by atoms with Gasteiger partial charge in [-0.3, -0.25) is 0 Å². The summed E-state index contributed by atoms with van der Waals surface area (Å²) < 4.78 is 24.7. The summed E-state index contributed by atoms with van der Waals surface area (Å²) in [4.78, 5) is 0. The van der Waals surface area contributed by atoms with E-state index < -0.39 is 18.5 Å². The molecule has 2 N–H and O–H groups in total. The molecule has 0 heterocycles. The van der Waals surface area contributed by atoms with Gasteiger partial charge in [0.25, 0.3) is 0 Å². The van der Waals surface area contributed by atoms with Gasteiger partial charge in [0, 0.05) is 5.56 Å². The molecule has 1 rings (SSSR count). The molecule has 1 aromatic carbocycles. The first-order chi connectivity index (χ1) is 5.25. The lowest BCUT2D eigenvalue weighted by Gasteiger charge is -2.06. The van der Waals surface area contributed by atoms with Crippen molar-refractivity contribution in [2.45, 2.75) is 6.04 Å². The first-order valence-corrected chi connectivity index (χ1v) is 3.31. The highest BCUT2D eigenvalue weighted by molar-refractivity contribution is 5.85. The lowest BCUT2D eigenvalue weighted by molar-refractivity contribution is 0.427. The fourth-order valence-corrected chi connectivity index (χ4v) is 0.859. The first-order valence-electron chi connectivity index (χ1n) is 3.31. The highest BCUT2D eigenvalue weighted by Crippen LogP contribution is 2.14. The van der Waals surface area contributed by atoms with Crippen LogP contribution in [0.3, 0.4) is 0 Å². The van der Waals surface area contributed by atoms with Crippen LogP contribution in [0, 0.1) is 5.82 Å². The molecule has 1 nitrogen and oxygen atoms in total. The Morgan fingerprint density at radius 1 is 1.33 bits per heavy atom. The molecule has 0 bridgehead atoms. The Kier molecular flexibility index (Phi) is 4.78. The number of nitrogens with two attached hydrogens (primary N) is 1. The standard InChI is InChI=1S/C8H9F2N.ClH/c9-5-8(11)6-3-1-2-4-7(6)10;/h1-4,8H,5,11H2;1H/t8-;/m0./s1. The van der Waals surface area contributed by atoms with Gasteiger partial charge in [-0.15, -0.1) is 12.4 Å². The zero-order valence-corrected chi connectivity index (χ0v) is 7.15. The quantitative estimate of drug-likeness (QED) is 0.766. The Hall–Kier alpha value is -0.670. The summed E-state index contributed by atoms with van der Waals surface area (Å²) in [5.41, 5.74) is 5.51. The van der Waals surface area contributed by atoms with Crippen LogP contribution in [0.25, 0.3) is 0 Å². The van der Waals surface area contributed by atoms with Gasteiger partial charge in [-0.05, 0) is 6.07 Å². The average Bonchev–Trinajstić information content (AvgIpc) is 2.04. The van der Waals surface area contributed by atoms with Gasteiger partial charge in [0.05, 0.1) is 6.04 Å². The Bertz CT molecular complexity index is 242. The zero-order chi connectivity index (χ0) is 8.27. The second-order valence-corrected chi connectivity index (χ2v) is 2.28. The van der Waals surface area contributed by atoms with Crippen LogP contribution < -0.4 is 5.73 Å². The summed E-state index contributed by atoms with van der Waals surface area (Å²) in [6.07, 6.45) is 0. The highest BCUT2D eigenvalue weighted by Gasteiger charge is 2.08. The Morgan fingerprint density at radius 2 is 1.92 bits per heavy atom. The molecule has 1 aromatic rings. The van der Waals surface area contributed by atoms with Gasteiger partial charge < -0.3 is 5.73 Å². The molecule has 0 spiro atoms. The average molecular weight is 194 g/mol. The summed E-state index contributed by atoms with van der Waals surface area (Å²) in [5.74, 6) is -0.447. The lowest BCUT2D eigenvalue weighted by Crippen LogP contribution is -2.13. The predicted molar refractivity (Wildman–Crippen MR) is 46.6 cm³/mol. The van der Waals surface area contributed by atoms with Crippen LogP contribution in [0.4, 0.5) is 8.78 Å².